The number of carboxylic acids is 1. The monoisotopic (exact) mass is 408 g/mol. The summed E-state index contributed by atoms with van der Waals surface area (Å²) in [6.45, 7) is -1.74. The molecule has 6 N–H and O–H groups in total. The highest BCUT2D eigenvalue weighted by atomic mass is 16.4. The van der Waals surface area contributed by atoms with Crippen molar-refractivity contribution in [2.75, 3.05) is 26.2 Å². The Bertz CT molecular complexity index is 724. The Balaban J connectivity index is 2.56. The Kier molecular flexibility index (Phi) is 10.4. The smallest absolute Gasteiger partial charge is 0.322 e. The van der Waals surface area contributed by atoms with E-state index in [2.05, 4.69) is 21.3 Å². The maximum Gasteiger partial charge on any atom is 0.322 e. The second-order valence-corrected chi connectivity index (χ2v) is 5.95. The molecule has 1 aromatic rings. The molecule has 0 saturated heterocycles. The zero-order valence-electron chi connectivity index (χ0n) is 15.6. The summed E-state index contributed by atoms with van der Waals surface area (Å²) in [4.78, 5) is 57.8. The number of aliphatic carboxylic acids is 1. The van der Waals surface area contributed by atoms with E-state index in [1.165, 1.54) is 0 Å². The molecule has 1 rings (SSSR count). The molecule has 0 saturated carbocycles. The molecule has 0 fully saturated rings. The summed E-state index contributed by atoms with van der Waals surface area (Å²) >= 11 is 0. The first-order chi connectivity index (χ1) is 13.8. The van der Waals surface area contributed by atoms with E-state index < -0.39 is 48.7 Å². The van der Waals surface area contributed by atoms with Crippen LogP contribution in [0.3, 0.4) is 0 Å². The topological polar surface area (TPSA) is 174 Å². The van der Waals surface area contributed by atoms with Gasteiger partial charge in [-0.1, -0.05) is 30.3 Å². The standard InChI is InChI=1S/C18H24N4O7/c23-7-6-14(24)19-9-15(25)20-10-16(26)22-13(18(29)21-11-17(27)28)8-12-4-2-1-3-5-12/h1-5,13,23H,6-11H2,(H,19,24)(H,20,25)(H,21,29)(H,22,26)(H,27,28). The van der Waals surface area contributed by atoms with Gasteiger partial charge in [0, 0.05) is 12.8 Å². The van der Waals surface area contributed by atoms with E-state index in [1.807, 2.05) is 0 Å². The number of hydrogen-bond donors (Lipinski definition) is 6. The second kappa shape index (κ2) is 12.8. The van der Waals surface area contributed by atoms with Gasteiger partial charge in [0.1, 0.15) is 12.6 Å². The van der Waals surface area contributed by atoms with E-state index in [0.717, 1.165) is 5.56 Å². The van der Waals surface area contributed by atoms with Crippen LogP contribution < -0.4 is 21.3 Å². The Hall–Kier alpha value is -3.47. The summed E-state index contributed by atoms with van der Waals surface area (Å²) in [6.07, 6.45) is -0.0103. The fourth-order valence-corrected chi connectivity index (χ4v) is 2.20. The summed E-state index contributed by atoms with van der Waals surface area (Å²) < 4.78 is 0. The minimum Gasteiger partial charge on any atom is -0.480 e. The molecule has 0 radical (unpaired) electrons. The molecule has 0 aliphatic heterocycles. The van der Waals surface area contributed by atoms with Crippen molar-refractivity contribution in [3.63, 3.8) is 0 Å². The molecule has 1 atom stereocenters. The van der Waals surface area contributed by atoms with Gasteiger partial charge in [-0.2, -0.15) is 0 Å². The highest BCUT2D eigenvalue weighted by Crippen LogP contribution is 2.03. The molecular weight excluding hydrogens is 384 g/mol. The first kappa shape index (κ1) is 23.6. The van der Waals surface area contributed by atoms with Crippen LogP contribution in [-0.4, -0.2) is 72.1 Å². The third-order valence-corrected chi connectivity index (χ3v) is 3.58. The van der Waals surface area contributed by atoms with Crippen LogP contribution in [0.5, 0.6) is 0 Å². The van der Waals surface area contributed by atoms with Gasteiger partial charge in [-0.25, -0.2) is 0 Å². The number of nitrogens with one attached hydrogen (secondary N) is 4. The normalized spacial score (nSPS) is 11.1. The average molecular weight is 408 g/mol. The molecule has 0 aliphatic carbocycles. The minimum atomic E-state index is -1.22. The number of carbonyl (C=O) groups is 5. The zero-order chi connectivity index (χ0) is 21.6. The third kappa shape index (κ3) is 10.4. The molecule has 1 aromatic carbocycles. The molecule has 1 unspecified atom stereocenters. The van der Waals surface area contributed by atoms with Crippen molar-refractivity contribution >= 4 is 29.6 Å². The van der Waals surface area contributed by atoms with Gasteiger partial charge in [-0.05, 0) is 5.56 Å². The van der Waals surface area contributed by atoms with Crippen molar-refractivity contribution in [1.29, 1.82) is 0 Å². The van der Waals surface area contributed by atoms with Crippen LogP contribution in [0.4, 0.5) is 0 Å². The Morgan fingerprint density at radius 1 is 0.828 bits per heavy atom. The molecule has 0 aromatic heterocycles. The van der Waals surface area contributed by atoms with Crippen LogP contribution in [0.1, 0.15) is 12.0 Å². The van der Waals surface area contributed by atoms with Crippen molar-refractivity contribution in [2.24, 2.45) is 0 Å². The highest BCUT2D eigenvalue weighted by Gasteiger charge is 2.22. The lowest BCUT2D eigenvalue weighted by Crippen LogP contribution is -2.51. The van der Waals surface area contributed by atoms with Crippen LogP contribution in [0.2, 0.25) is 0 Å². The lowest BCUT2D eigenvalue weighted by molar-refractivity contribution is -0.138. The lowest BCUT2D eigenvalue weighted by Gasteiger charge is -2.18. The summed E-state index contributed by atoms with van der Waals surface area (Å²) in [5.74, 6) is -3.69. The quantitative estimate of drug-likeness (QED) is 0.222. The van der Waals surface area contributed by atoms with Gasteiger partial charge in [0.05, 0.1) is 19.7 Å². The van der Waals surface area contributed by atoms with E-state index in [1.54, 1.807) is 30.3 Å². The fourth-order valence-electron chi connectivity index (χ4n) is 2.20. The summed E-state index contributed by atoms with van der Waals surface area (Å²) in [7, 11) is 0. The fraction of sp³-hybridized carbons (Fsp3) is 0.389. The summed E-state index contributed by atoms with van der Waals surface area (Å²) in [6, 6.07) is 7.77. The van der Waals surface area contributed by atoms with Crippen molar-refractivity contribution in [3.05, 3.63) is 35.9 Å². The van der Waals surface area contributed by atoms with Crippen LogP contribution >= 0.6 is 0 Å². The molecule has 11 heteroatoms. The molecule has 158 valence electrons. The molecule has 11 nitrogen and oxygen atoms in total. The number of aliphatic hydroxyl groups excluding tert-OH is 1. The zero-order valence-corrected chi connectivity index (χ0v) is 15.6. The molecular formula is C18H24N4O7. The highest BCUT2D eigenvalue weighted by molar-refractivity contribution is 5.92. The maximum atomic E-state index is 12.2. The van der Waals surface area contributed by atoms with E-state index in [9.17, 15) is 24.0 Å². The Labute approximate surface area is 166 Å². The summed E-state index contributed by atoms with van der Waals surface area (Å²) in [5, 5.41) is 26.5. The van der Waals surface area contributed by atoms with Gasteiger partial charge in [-0.15, -0.1) is 0 Å². The van der Waals surface area contributed by atoms with Gasteiger partial charge in [0.15, 0.2) is 0 Å². The van der Waals surface area contributed by atoms with E-state index in [4.69, 9.17) is 10.2 Å². The number of carbonyl (C=O) groups excluding carboxylic acids is 4. The van der Waals surface area contributed by atoms with Gasteiger partial charge in [-0.3, -0.25) is 24.0 Å². The Morgan fingerprint density at radius 2 is 1.45 bits per heavy atom. The third-order valence-electron chi connectivity index (χ3n) is 3.58. The van der Waals surface area contributed by atoms with Gasteiger partial charge < -0.3 is 31.5 Å². The van der Waals surface area contributed by atoms with E-state index >= 15 is 0 Å². The number of hydrogen-bond acceptors (Lipinski definition) is 6. The second-order valence-electron chi connectivity index (χ2n) is 5.95. The predicted octanol–water partition coefficient (Wildman–Crippen LogP) is -2.47. The number of aliphatic hydroxyl groups is 1. The number of amides is 4. The molecule has 0 bridgehead atoms. The van der Waals surface area contributed by atoms with Crippen LogP contribution in [0.15, 0.2) is 30.3 Å². The Morgan fingerprint density at radius 3 is 2.07 bits per heavy atom. The van der Waals surface area contributed by atoms with E-state index in [-0.39, 0.29) is 26.0 Å². The summed E-state index contributed by atoms with van der Waals surface area (Å²) in [5.41, 5.74) is 0.749. The lowest BCUT2D eigenvalue weighted by atomic mass is 10.1. The maximum absolute atomic E-state index is 12.2. The van der Waals surface area contributed by atoms with E-state index in [0.29, 0.717) is 0 Å². The first-order valence-electron chi connectivity index (χ1n) is 8.79. The van der Waals surface area contributed by atoms with Crippen LogP contribution in [0, 0.1) is 0 Å². The first-order valence-corrected chi connectivity index (χ1v) is 8.79. The minimum absolute atomic E-state index is 0.128. The average Bonchev–Trinajstić information content (AvgIpc) is 2.69. The molecule has 29 heavy (non-hydrogen) atoms. The number of benzene rings is 1. The van der Waals surface area contributed by atoms with Crippen LogP contribution in [0.25, 0.3) is 0 Å². The number of carboxylic acid groups (broad SMARTS) is 1. The van der Waals surface area contributed by atoms with Crippen molar-refractivity contribution < 1.29 is 34.2 Å². The van der Waals surface area contributed by atoms with Gasteiger partial charge in [0.25, 0.3) is 0 Å². The van der Waals surface area contributed by atoms with Crippen LogP contribution in [-0.2, 0) is 30.4 Å². The van der Waals surface area contributed by atoms with Gasteiger partial charge >= 0.3 is 5.97 Å². The molecule has 0 spiro atoms. The molecule has 0 heterocycles. The predicted molar refractivity (Wildman–Crippen MR) is 100 cm³/mol. The largest absolute Gasteiger partial charge is 0.480 e. The van der Waals surface area contributed by atoms with Crippen molar-refractivity contribution in [3.8, 4) is 0 Å². The van der Waals surface area contributed by atoms with Gasteiger partial charge in [0.2, 0.25) is 23.6 Å². The van der Waals surface area contributed by atoms with Crippen molar-refractivity contribution in [2.45, 2.75) is 18.9 Å². The van der Waals surface area contributed by atoms with Crippen molar-refractivity contribution in [1.82, 2.24) is 21.3 Å². The number of rotatable bonds is 12. The molecule has 0 aliphatic rings. The molecule has 4 amide bonds. The SMILES string of the molecule is O=C(O)CNC(=O)C(Cc1ccccc1)NC(=O)CNC(=O)CNC(=O)CCO.